The van der Waals surface area contributed by atoms with Crippen LogP contribution in [0.5, 0.6) is 5.75 Å². The molecule has 118 valence electrons. The predicted octanol–water partition coefficient (Wildman–Crippen LogP) is 3.01. The van der Waals surface area contributed by atoms with Crippen LogP contribution in [0.4, 0.5) is 0 Å². The summed E-state index contributed by atoms with van der Waals surface area (Å²) in [6.07, 6.45) is 2.08. The van der Waals surface area contributed by atoms with E-state index in [0.29, 0.717) is 19.2 Å². The van der Waals surface area contributed by atoms with Crippen molar-refractivity contribution in [3.8, 4) is 5.75 Å². The van der Waals surface area contributed by atoms with Gasteiger partial charge >= 0.3 is 0 Å². The summed E-state index contributed by atoms with van der Waals surface area (Å²) >= 11 is 0. The molecule has 4 nitrogen and oxygen atoms in total. The maximum atomic E-state index is 12.4. The van der Waals surface area contributed by atoms with Crippen molar-refractivity contribution in [3.63, 3.8) is 0 Å². The minimum atomic E-state index is 0.139. The standard InChI is InChI=1S/C17H27NO3/c1-5-15(6-2)18(11-12-20-3)13-17(19)14-7-9-16(21-4)10-8-14/h7-10,15H,5-6,11-13H2,1-4H3. The molecule has 1 rings (SSSR count). The molecular formula is C17H27NO3. The number of carbonyl (C=O) groups is 1. The number of ether oxygens (including phenoxy) is 2. The smallest absolute Gasteiger partial charge is 0.176 e. The van der Waals surface area contributed by atoms with Crippen LogP contribution in [0.25, 0.3) is 0 Å². The molecule has 0 aliphatic rings. The normalized spacial score (nSPS) is 11.1. The lowest BCUT2D eigenvalue weighted by atomic mass is 10.1. The first-order valence-electron chi connectivity index (χ1n) is 7.56. The lowest BCUT2D eigenvalue weighted by Gasteiger charge is -2.29. The van der Waals surface area contributed by atoms with E-state index in [9.17, 15) is 4.79 Å². The van der Waals surface area contributed by atoms with Gasteiger partial charge in [-0.2, -0.15) is 0 Å². The third kappa shape index (κ3) is 5.48. The molecule has 0 unspecified atom stereocenters. The second-order valence-corrected chi connectivity index (χ2v) is 5.09. The largest absolute Gasteiger partial charge is 0.497 e. The van der Waals surface area contributed by atoms with Gasteiger partial charge in [-0.3, -0.25) is 9.69 Å². The number of rotatable bonds is 10. The molecule has 21 heavy (non-hydrogen) atoms. The van der Waals surface area contributed by atoms with Crippen LogP contribution >= 0.6 is 0 Å². The number of hydrogen-bond donors (Lipinski definition) is 0. The Morgan fingerprint density at radius 1 is 1.14 bits per heavy atom. The maximum absolute atomic E-state index is 12.4. The highest BCUT2D eigenvalue weighted by molar-refractivity contribution is 5.97. The van der Waals surface area contributed by atoms with Crippen molar-refractivity contribution in [2.24, 2.45) is 0 Å². The van der Waals surface area contributed by atoms with E-state index in [1.807, 2.05) is 24.3 Å². The highest BCUT2D eigenvalue weighted by Gasteiger charge is 2.18. The number of nitrogens with zero attached hydrogens (tertiary/aromatic N) is 1. The number of Topliss-reactive ketones (excluding diaryl/α,β-unsaturated/α-hetero) is 1. The summed E-state index contributed by atoms with van der Waals surface area (Å²) in [5.74, 6) is 0.906. The van der Waals surface area contributed by atoms with Gasteiger partial charge in [0.15, 0.2) is 5.78 Å². The Kier molecular flexibility index (Phi) is 8.01. The van der Waals surface area contributed by atoms with Crippen molar-refractivity contribution in [3.05, 3.63) is 29.8 Å². The molecule has 0 aliphatic carbocycles. The lowest BCUT2D eigenvalue weighted by molar-refractivity contribution is 0.0811. The number of hydrogen-bond acceptors (Lipinski definition) is 4. The van der Waals surface area contributed by atoms with E-state index in [0.717, 1.165) is 30.7 Å². The molecule has 0 amide bonds. The molecule has 0 bridgehead atoms. The van der Waals surface area contributed by atoms with E-state index >= 15 is 0 Å². The maximum Gasteiger partial charge on any atom is 0.176 e. The van der Waals surface area contributed by atoms with Crippen LogP contribution in [-0.2, 0) is 4.74 Å². The molecule has 0 N–H and O–H groups in total. The average Bonchev–Trinajstić information content (AvgIpc) is 2.53. The van der Waals surface area contributed by atoms with E-state index in [-0.39, 0.29) is 5.78 Å². The summed E-state index contributed by atoms with van der Waals surface area (Å²) in [5.41, 5.74) is 0.726. The Morgan fingerprint density at radius 3 is 2.24 bits per heavy atom. The summed E-state index contributed by atoms with van der Waals surface area (Å²) in [4.78, 5) is 14.6. The first-order chi connectivity index (χ1) is 10.2. The van der Waals surface area contributed by atoms with E-state index in [4.69, 9.17) is 9.47 Å². The Morgan fingerprint density at radius 2 is 1.76 bits per heavy atom. The third-order valence-electron chi connectivity index (χ3n) is 3.80. The molecule has 0 aromatic heterocycles. The quantitative estimate of drug-likeness (QED) is 0.622. The summed E-state index contributed by atoms with van der Waals surface area (Å²) in [5, 5.41) is 0. The van der Waals surface area contributed by atoms with E-state index in [2.05, 4.69) is 18.7 Å². The van der Waals surface area contributed by atoms with Crippen LogP contribution in [0.2, 0.25) is 0 Å². The second-order valence-electron chi connectivity index (χ2n) is 5.09. The molecule has 0 spiro atoms. The van der Waals surface area contributed by atoms with Gasteiger partial charge in [0.25, 0.3) is 0 Å². The van der Waals surface area contributed by atoms with Gasteiger partial charge in [-0.15, -0.1) is 0 Å². The van der Waals surface area contributed by atoms with Crippen molar-refractivity contribution >= 4 is 5.78 Å². The van der Waals surface area contributed by atoms with Crippen LogP contribution in [0, 0.1) is 0 Å². The zero-order valence-corrected chi connectivity index (χ0v) is 13.6. The third-order valence-corrected chi connectivity index (χ3v) is 3.80. The highest BCUT2D eigenvalue weighted by atomic mass is 16.5. The second kappa shape index (κ2) is 9.53. The van der Waals surface area contributed by atoms with E-state index < -0.39 is 0 Å². The minimum Gasteiger partial charge on any atom is -0.497 e. The van der Waals surface area contributed by atoms with Gasteiger partial charge in [-0.1, -0.05) is 13.8 Å². The van der Waals surface area contributed by atoms with Gasteiger partial charge < -0.3 is 9.47 Å². The van der Waals surface area contributed by atoms with Crippen molar-refractivity contribution < 1.29 is 14.3 Å². The summed E-state index contributed by atoms with van der Waals surface area (Å²) in [7, 11) is 3.31. The van der Waals surface area contributed by atoms with Crippen molar-refractivity contribution in [1.29, 1.82) is 0 Å². The SMILES string of the molecule is CCC(CC)N(CCOC)CC(=O)c1ccc(OC)cc1. The van der Waals surface area contributed by atoms with Crippen LogP contribution in [-0.4, -0.2) is 50.6 Å². The van der Waals surface area contributed by atoms with Crippen LogP contribution < -0.4 is 4.74 Å². The molecule has 0 saturated heterocycles. The molecule has 1 aromatic carbocycles. The van der Waals surface area contributed by atoms with Gasteiger partial charge in [-0.05, 0) is 37.1 Å². The fraction of sp³-hybridized carbons (Fsp3) is 0.588. The van der Waals surface area contributed by atoms with Crippen LogP contribution in [0.1, 0.15) is 37.0 Å². The molecule has 4 heteroatoms. The first-order valence-corrected chi connectivity index (χ1v) is 7.56. The van der Waals surface area contributed by atoms with Gasteiger partial charge in [0, 0.05) is 25.3 Å². The lowest BCUT2D eigenvalue weighted by Crippen LogP contribution is -2.40. The van der Waals surface area contributed by atoms with Crippen molar-refractivity contribution in [1.82, 2.24) is 4.90 Å². The van der Waals surface area contributed by atoms with Gasteiger partial charge in [0.2, 0.25) is 0 Å². The minimum absolute atomic E-state index is 0.139. The number of ketones is 1. The van der Waals surface area contributed by atoms with Gasteiger partial charge in [0.1, 0.15) is 5.75 Å². The van der Waals surface area contributed by atoms with Crippen molar-refractivity contribution in [2.45, 2.75) is 32.7 Å². The summed E-state index contributed by atoms with van der Waals surface area (Å²) < 4.78 is 10.3. The summed E-state index contributed by atoms with van der Waals surface area (Å²) in [6.45, 7) is 6.18. The Hall–Kier alpha value is -1.39. The predicted molar refractivity (Wildman–Crippen MR) is 85.1 cm³/mol. The van der Waals surface area contributed by atoms with E-state index in [1.54, 1.807) is 14.2 Å². The number of benzene rings is 1. The fourth-order valence-corrected chi connectivity index (χ4v) is 2.46. The van der Waals surface area contributed by atoms with Crippen LogP contribution in [0.15, 0.2) is 24.3 Å². The molecule has 0 atom stereocenters. The Bertz CT molecular complexity index is 413. The monoisotopic (exact) mass is 293 g/mol. The van der Waals surface area contributed by atoms with E-state index in [1.165, 1.54) is 0 Å². The Labute approximate surface area is 128 Å². The fourth-order valence-electron chi connectivity index (χ4n) is 2.46. The van der Waals surface area contributed by atoms with Crippen LogP contribution in [0.3, 0.4) is 0 Å². The first kappa shape index (κ1) is 17.7. The van der Waals surface area contributed by atoms with Gasteiger partial charge in [0.05, 0.1) is 20.3 Å². The molecule has 1 aromatic rings. The molecular weight excluding hydrogens is 266 g/mol. The zero-order chi connectivity index (χ0) is 15.7. The average molecular weight is 293 g/mol. The zero-order valence-electron chi connectivity index (χ0n) is 13.6. The summed E-state index contributed by atoms with van der Waals surface area (Å²) in [6, 6.07) is 7.71. The van der Waals surface area contributed by atoms with Gasteiger partial charge in [-0.25, -0.2) is 0 Å². The topological polar surface area (TPSA) is 38.8 Å². The number of methoxy groups -OCH3 is 2. The molecule has 0 fully saturated rings. The van der Waals surface area contributed by atoms with Crippen molar-refractivity contribution in [2.75, 3.05) is 33.9 Å². The molecule has 0 heterocycles. The number of carbonyl (C=O) groups excluding carboxylic acids is 1. The highest BCUT2D eigenvalue weighted by Crippen LogP contribution is 2.14. The molecule has 0 aliphatic heterocycles. The molecule has 0 radical (unpaired) electrons. The Balaban J connectivity index is 2.73. The molecule has 0 saturated carbocycles.